The SMILES string of the molecule is COc1ccnc(-c2ccc(OC)cc2SC)c1. The van der Waals surface area contributed by atoms with E-state index in [1.807, 2.05) is 36.6 Å². The van der Waals surface area contributed by atoms with E-state index in [0.29, 0.717) is 0 Å². The first-order valence-electron chi connectivity index (χ1n) is 5.51. The monoisotopic (exact) mass is 261 g/mol. The minimum absolute atomic E-state index is 0.808. The first-order valence-corrected chi connectivity index (χ1v) is 6.73. The van der Waals surface area contributed by atoms with Crippen molar-refractivity contribution in [2.24, 2.45) is 0 Å². The molecule has 3 nitrogen and oxygen atoms in total. The molecule has 0 atom stereocenters. The van der Waals surface area contributed by atoms with Crippen LogP contribution in [0.25, 0.3) is 11.3 Å². The first kappa shape index (κ1) is 12.8. The van der Waals surface area contributed by atoms with Gasteiger partial charge in [-0.05, 0) is 30.5 Å². The number of thioether (sulfide) groups is 1. The van der Waals surface area contributed by atoms with Crippen molar-refractivity contribution >= 4 is 11.8 Å². The lowest BCUT2D eigenvalue weighted by molar-refractivity contribution is 0.413. The lowest BCUT2D eigenvalue weighted by Gasteiger charge is -2.10. The van der Waals surface area contributed by atoms with E-state index in [1.165, 1.54) is 0 Å². The molecule has 2 rings (SSSR count). The number of benzene rings is 1. The summed E-state index contributed by atoms with van der Waals surface area (Å²) in [4.78, 5) is 5.52. The summed E-state index contributed by atoms with van der Waals surface area (Å²) >= 11 is 1.67. The Hall–Kier alpha value is -1.68. The van der Waals surface area contributed by atoms with Crippen molar-refractivity contribution in [1.82, 2.24) is 4.98 Å². The molecule has 4 heteroatoms. The van der Waals surface area contributed by atoms with Crippen LogP contribution in [-0.4, -0.2) is 25.5 Å². The van der Waals surface area contributed by atoms with E-state index < -0.39 is 0 Å². The summed E-state index contributed by atoms with van der Waals surface area (Å²) in [5.41, 5.74) is 1.99. The van der Waals surface area contributed by atoms with Gasteiger partial charge in [0.15, 0.2) is 0 Å². The molecule has 0 radical (unpaired) electrons. The number of hydrogen-bond donors (Lipinski definition) is 0. The van der Waals surface area contributed by atoms with Gasteiger partial charge in [-0.1, -0.05) is 0 Å². The van der Waals surface area contributed by atoms with Crippen LogP contribution in [0.4, 0.5) is 0 Å². The van der Waals surface area contributed by atoms with Gasteiger partial charge in [0.1, 0.15) is 11.5 Å². The molecule has 0 unspecified atom stereocenters. The molecule has 18 heavy (non-hydrogen) atoms. The molecular formula is C14H15NO2S. The normalized spacial score (nSPS) is 10.2. The number of rotatable bonds is 4. The van der Waals surface area contributed by atoms with Gasteiger partial charge in [-0.15, -0.1) is 11.8 Å². The molecular weight excluding hydrogens is 246 g/mol. The van der Waals surface area contributed by atoms with Gasteiger partial charge >= 0.3 is 0 Å². The average molecular weight is 261 g/mol. The fraction of sp³-hybridized carbons (Fsp3) is 0.214. The van der Waals surface area contributed by atoms with Crippen LogP contribution in [0.5, 0.6) is 11.5 Å². The highest BCUT2D eigenvalue weighted by Crippen LogP contribution is 2.33. The highest BCUT2D eigenvalue weighted by atomic mass is 32.2. The molecule has 1 heterocycles. The van der Waals surface area contributed by atoms with Crippen LogP contribution in [0.3, 0.4) is 0 Å². The van der Waals surface area contributed by atoms with Crippen molar-refractivity contribution in [2.75, 3.05) is 20.5 Å². The van der Waals surface area contributed by atoms with Gasteiger partial charge in [-0.2, -0.15) is 0 Å². The van der Waals surface area contributed by atoms with Crippen molar-refractivity contribution in [2.45, 2.75) is 4.90 Å². The largest absolute Gasteiger partial charge is 0.497 e. The predicted molar refractivity (Wildman–Crippen MR) is 74.6 cm³/mol. The molecule has 0 fully saturated rings. The third-order valence-corrected chi connectivity index (χ3v) is 3.43. The van der Waals surface area contributed by atoms with Crippen LogP contribution in [0.1, 0.15) is 0 Å². The van der Waals surface area contributed by atoms with Crippen LogP contribution >= 0.6 is 11.8 Å². The molecule has 0 saturated heterocycles. The van der Waals surface area contributed by atoms with Gasteiger partial charge in [-0.3, -0.25) is 4.98 Å². The maximum Gasteiger partial charge on any atom is 0.122 e. The molecule has 0 aliphatic rings. The molecule has 0 saturated carbocycles. The van der Waals surface area contributed by atoms with Gasteiger partial charge < -0.3 is 9.47 Å². The molecule has 1 aromatic heterocycles. The standard InChI is InChI=1S/C14H15NO2S/c1-16-10-4-5-12(14(9-10)18-3)13-8-11(17-2)6-7-15-13/h4-9H,1-3H3. The van der Waals surface area contributed by atoms with E-state index in [4.69, 9.17) is 9.47 Å². The molecule has 0 aliphatic heterocycles. The zero-order chi connectivity index (χ0) is 13.0. The number of hydrogen-bond acceptors (Lipinski definition) is 4. The predicted octanol–water partition coefficient (Wildman–Crippen LogP) is 3.49. The van der Waals surface area contributed by atoms with Gasteiger partial charge in [-0.25, -0.2) is 0 Å². The Kier molecular flexibility index (Phi) is 4.10. The summed E-state index contributed by atoms with van der Waals surface area (Å²) in [6.07, 6.45) is 3.79. The molecule has 0 aliphatic carbocycles. The first-order chi connectivity index (χ1) is 8.78. The van der Waals surface area contributed by atoms with Gasteiger partial charge in [0.05, 0.1) is 19.9 Å². The average Bonchev–Trinajstić information content (AvgIpc) is 2.46. The second-order valence-electron chi connectivity index (χ2n) is 3.65. The summed E-state index contributed by atoms with van der Waals surface area (Å²) in [5.74, 6) is 1.66. The maximum absolute atomic E-state index is 5.23. The van der Waals surface area contributed by atoms with E-state index in [9.17, 15) is 0 Å². The van der Waals surface area contributed by atoms with E-state index in [0.717, 1.165) is 27.7 Å². The molecule has 0 spiro atoms. The Bertz CT molecular complexity index is 543. The van der Waals surface area contributed by atoms with E-state index in [-0.39, 0.29) is 0 Å². The van der Waals surface area contributed by atoms with E-state index in [1.54, 1.807) is 32.2 Å². The molecule has 0 amide bonds. The van der Waals surface area contributed by atoms with Crippen molar-refractivity contribution < 1.29 is 9.47 Å². The van der Waals surface area contributed by atoms with Crippen molar-refractivity contribution in [3.05, 3.63) is 36.5 Å². The van der Waals surface area contributed by atoms with Gasteiger partial charge in [0.2, 0.25) is 0 Å². The van der Waals surface area contributed by atoms with Crippen LogP contribution < -0.4 is 9.47 Å². The summed E-state index contributed by atoms with van der Waals surface area (Å²) in [5, 5.41) is 0. The minimum atomic E-state index is 0.808. The Morgan fingerprint density at radius 2 is 1.72 bits per heavy atom. The van der Waals surface area contributed by atoms with Gasteiger partial charge in [0, 0.05) is 22.7 Å². The summed E-state index contributed by atoms with van der Waals surface area (Å²) in [6, 6.07) is 9.75. The third-order valence-electron chi connectivity index (χ3n) is 2.65. The van der Waals surface area contributed by atoms with E-state index in [2.05, 4.69) is 4.98 Å². The van der Waals surface area contributed by atoms with Crippen LogP contribution in [0, 0.1) is 0 Å². The van der Waals surface area contributed by atoms with Crippen molar-refractivity contribution in [1.29, 1.82) is 0 Å². The number of aromatic nitrogens is 1. The fourth-order valence-corrected chi connectivity index (χ4v) is 2.32. The topological polar surface area (TPSA) is 31.4 Å². The summed E-state index contributed by atoms with van der Waals surface area (Å²) in [6.45, 7) is 0. The minimum Gasteiger partial charge on any atom is -0.497 e. The van der Waals surface area contributed by atoms with Crippen LogP contribution in [0.2, 0.25) is 0 Å². The smallest absolute Gasteiger partial charge is 0.122 e. The van der Waals surface area contributed by atoms with Crippen molar-refractivity contribution in [3.8, 4) is 22.8 Å². The Balaban J connectivity index is 2.48. The summed E-state index contributed by atoms with van der Waals surface area (Å²) in [7, 11) is 3.32. The van der Waals surface area contributed by atoms with Crippen LogP contribution in [-0.2, 0) is 0 Å². The maximum atomic E-state index is 5.23. The lowest BCUT2D eigenvalue weighted by atomic mass is 10.1. The number of nitrogens with zero attached hydrogens (tertiary/aromatic N) is 1. The Morgan fingerprint density at radius 3 is 2.39 bits per heavy atom. The molecule has 94 valence electrons. The van der Waals surface area contributed by atoms with Crippen LogP contribution in [0.15, 0.2) is 41.4 Å². The van der Waals surface area contributed by atoms with Crippen molar-refractivity contribution in [3.63, 3.8) is 0 Å². The zero-order valence-electron chi connectivity index (χ0n) is 10.6. The third kappa shape index (κ3) is 2.59. The Labute approximate surface area is 111 Å². The highest BCUT2D eigenvalue weighted by molar-refractivity contribution is 7.98. The molecule has 0 bridgehead atoms. The quantitative estimate of drug-likeness (QED) is 0.788. The molecule has 1 aromatic carbocycles. The lowest BCUT2D eigenvalue weighted by Crippen LogP contribution is -1.90. The van der Waals surface area contributed by atoms with E-state index >= 15 is 0 Å². The molecule has 0 N–H and O–H groups in total. The zero-order valence-corrected chi connectivity index (χ0v) is 11.5. The fourth-order valence-electron chi connectivity index (χ4n) is 1.70. The summed E-state index contributed by atoms with van der Waals surface area (Å²) < 4.78 is 10.5. The second-order valence-corrected chi connectivity index (χ2v) is 4.50. The van der Waals surface area contributed by atoms with Gasteiger partial charge in [0.25, 0.3) is 0 Å². The highest BCUT2D eigenvalue weighted by Gasteiger charge is 2.08. The Morgan fingerprint density at radius 1 is 1.00 bits per heavy atom. The number of pyridine rings is 1. The second kappa shape index (κ2) is 5.78. The number of methoxy groups -OCH3 is 2. The number of ether oxygens (including phenoxy) is 2. The molecule has 2 aromatic rings.